The molecule has 0 aromatic heterocycles. The first kappa shape index (κ1) is 29.6. The van der Waals surface area contributed by atoms with E-state index in [0.717, 1.165) is 0 Å². The molecule has 0 spiro atoms. The SMILES string of the molecule is C[SiH](C)Oc1c(F)c(F)[c]([Ti]([c]2c(F)c(F)c(O[SiH](C)C)c(F)c2F)([CH]2C=CC=C2)[CH]2C=CC=C2)c(F)c1F. The Kier molecular flexibility index (Phi) is 8.51. The zero-order chi connectivity index (χ0) is 28.8. The van der Waals surface area contributed by atoms with Gasteiger partial charge in [-0.15, -0.1) is 0 Å². The molecule has 4 rings (SSSR count). The van der Waals surface area contributed by atoms with Gasteiger partial charge in [0.1, 0.15) is 0 Å². The maximum atomic E-state index is 16.0. The second kappa shape index (κ2) is 11.2. The average Bonchev–Trinajstić information content (AvgIpc) is 3.61. The second-order valence-electron chi connectivity index (χ2n) is 9.71. The van der Waals surface area contributed by atoms with Crippen molar-refractivity contribution in [3.63, 3.8) is 0 Å². The molecule has 13 heteroatoms. The summed E-state index contributed by atoms with van der Waals surface area (Å²) < 4.78 is 131. The van der Waals surface area contributed by atoms with Gasteiger partial charge in [-0.05, 0) is 0 Å². The van der Waals surface area contributed by atoms with Crippen molar-refractivity contribution in [2.24, 2.45) is 0 Å². The first-order valence-electron chi connectivity index (χ1n) is 12.1. The van der Waals surface area contributed by atoms with Crippen LogP contribution in [0.15, 0.2) is 48.6 Å². The van der Waals surface area contributed by atoms with Crippen LogP contribution in [0.5, 0.6) is 11.5 Å². The molecule has 0 amide bonds. The average molecular weight is 624 g/mol. The molecule has 0 bridgehead atoms. The van der Waals surface area contributed by atoms with Gasteiger partial charge in [-0.1, -0.05) is 0 Å². The third kappa shape index (κ3) is 4.79. The van der Waals surface area contributed by atoms with E-state index >= 15 is 35.1 Å². The molecule has 39 heavy (non-hydrogen) atoms. The molecule has 0 saturated heterocycles. The quantitative estimate of drug-likeness (QED) is 0.191. The Morgan fingerprint density at radius 3 is 0.974 bits per heavy atom. The van der Waals surface area contributed by atoms with Gasteiger partial charge in [-0.25, -0.2) is 0 Å². The number of hydrogen-bond acceptors (Lipinski definition) is 2. The monoisotopic (exact) mass is 624 g/mol. The number of benzene rings is 2. The Bertz CT molecular complexity index is 1250. The van der Waals surface area contributed by atoms with E-state index in [1.165, 1.54) is 74.8 Å². The normalized spacial score (nSPS) is 15.5. The van der Waals surface area contributed by atoms with E-state index in [1.807, 2.05) is 0 Å². The van der Waals surface area contributed by atoms with Crippen LogP contribution in [0.2, 0.25) is 34.6 Å². The first-order chi connectivity index (χ1) is 18.3. The molecule has 0 radical (unpaired) electrons. The van der Waals surface area contributed by atoms with Gasteiger partial charge in [-0.2, -0.15) is 0 Å². The fourth-order valence-electron chi connectivity index (χ4n) is 5.11. The molecule has 0 fully saturated rings. The van der Waals surface area contributed by atoms with E-state index < -0.39 is 109 Å². The molecule has 2 aliphatic carbocycles. The summed E-state index contributed by atoms with van der Waals surface area (Å²) in [6.07, 6.45) is 11.1. The Morgan fingerprint density at radius 1 is 0.487 bits per heavy atom. The Morgan fingerprint density at radius 2 is 0.744 bits per heavy atom. The van der Waals surface area contributed by atoms with Crippen LogP contribution in [-0.2, 0) is 16.6 Å². The van der Waals surface area contributed by atoms with Crippen LogP contribution in [0.4, 0.5) is 35.1 Å². The summed E-state index contributed by atoms with van der Waals surface area (Å²) in [5.74, 6) is -17.8. The summed E-state index contributed by atoms with van der Waals surface area (Å²) in [6, 6.07) is 0. The van der Waals surface area contributed by atoms with Crippen LogP contribution in [0.3, 0.4) is 0 Å². The van der Waals surface area contributed by atoms with Gasteiger partial charge >= 0.3 is 228 Å². The minimum absolute atomic E-state index is 1.22. The van der Waals surface area contributed by atoms with E-state index in [1.54, 1.807) is 0 Å². The van der Waals surface area contributed by atoms with Crippen molar-refractivity contribution < 1.29 is 60.6 Å². The number of allylic oxidation sites excluding steroid dienone is 8. The summed E-state index contributed by atoms with van der Waals surface area (Å²) in [4.78, 5) is 0. The Labute approximate surface area is 227 Å². The van der Waals surface area contributed by atoms with Crippen molar-refractivity contribution in [2.75, 3.05) is 0 Å². The molecule has 2 aromatic rings. The van der Waals surface area contributed by atoms with E-state index in [2.05, 4.69) is 0 Å². The van der Waals surface area contributed by atoms with Crippen molar-refractivity contribution in [3.8, 4) is 11.5 Å². The molecule has 208 valence electrons. The summed E-state index contributed by atoms with van der Waals surface area (Å²) in [7, 11) is -4.55. The Balaban J connectivity index is 2.22. The minimum atomic E-state index is -5.79. The first-order valence-corrected chi connectivity index (χ1v) is 21.0. The fraction of sp³-hybridized carbons (Fsp3) is 0.231. The number of hydrogen-bond donors (Lipinski definition) is 0. The van der Waals surface area contributed by atoms with Crippen molar-refractivity contribution in [2.45, 2.75) is 34.6 Å². The van der Waals surface area contributed by atoms with E-state index in [0.29, 0.717) is 0 Å². The predicted molar refractivity (Wildman–Crippen MR) is 135 cm³/mol. The summed E-state index contributed by atoms with van der Waals surface area (Å²) in [5, 5.41) is 0. The van der Waals surface area contributed by atoms with Gasteiger partial charge in [0, 0.05) is 0 Å². The van der Waals surface area contributed by atoms with Crippen LogP contribution < -0.4 is 16.6 Å². The van der Waals surface area contributed by atoms with Crippen LogP contribution in [-0.4, -0.2) is 18.1 Å². The third-order valence-electron chi connectivity index (χ3n) is 6.53. The zero-order valence-corrected chi connectivity index (χ0v) is 25.1. The molecule has 2 aromatic carbocycles. The van der Waals surface area contributed by atoms with Gasteiger partial charge in [0.2, 0.25) is 0 Å². The van der Waals surface area contributed by atoms with Gasteiger partial charge in [-0.3, -0.25) is 0 Å². The molecule has 0 N–H and O–H groups in total. The van der Waals surface area contributed by atoms with E-state index in [4.69, 9.17) is 8.85 Å². The van der Waals surface area contributed by atoms with Gasteiger partial charge in [0.05, 0.1) is 0 Å². The van der Waals surface area contributed by atoms with E-state index in [-0.39, 0.29) is 0 Å². The summed E-state index contributed by atoms with van der Waals surface area (Å²) >= 11 is -5.79. The molecule has 0 atom stereocenters. The summed E-state index contributed by atoms with van der Waals surface area (Å²) in [6.45, 7) is 6.03. The van der Waals surface area contributed by atoms with Gasteiger partial charge < -0.3 is 0 Å². The van der Waals surface area contributed by atoms with Crippen molar-refractivity contribution in [1.29, 1.82) is 0 Å². The molecule has 0 aliphatic heterocycles. The van der Waals surface area contributed by atoms with Crippen molar-refractivity contribution >= 4 is 25.8 Å². The Hall–Kier alpha value is -2.41. The molecular weight excluding hydrogens is 600 g/mol. The van der Waals surface area contributed by atoms with Crippen LogP contribution >= 0.6 is 0 Å². The zero-order valence-electron chi connectivity index (χ0n) is 21.3. The molecule has 0 heterocycles. The van der Waals surface area contributed by atoms with Gasteiger partial charge in [0.25, 0.3) is 0 Å². The predicted octanol–water partition coefficient (Wildman–Crippen LogP) is 6.46. The van der Waals surface area contributed by atoms with Gasteiger partial charge in [0.15, 0.2) is 0 Å². The number of halogens is 8. The topological polar surface area (TPSA) is 18.5 Å². The maximum absolute atomic E-state index is 16.0. The van der Waals surface area contributed by atoms with Crippen molar-refractivity contribution in [3.05, 3.63) is 95.1 Å². The van der Waals surface area contributed by atoms with Crippen LogP contribution in [0.1, 0.15) is 0 Å². The fourth-order valence-corrected chi connectivity index (χ4v) is 15.2. The molecular formula is C26H24F8O2Si2Ti. The molecule has 0 saturated carbocycles. The standard InChI is InChI=1S/2C8H7F4OSi.2C5H5.Ti/c2*1-14(2)13-8-6(11)4(9)3-5(10)7(8)12;2*1-2-4-5-3-1;/h2*14H,1-2H3;2*1-5H;. The molecule has 2 nitrogen and oxygen atoms in total. The molecule has 0 unspecified atom stereocenters. The van der Waals surface area contributed by atoms with Crippen LogP contribution in [0.25, 0.3) is 0 Å². The second-order valence-corrected chi connectivity index (χ2v) is 20.7. The number of rotatable bonds is 8. The van der Waals surface area contributed by atoms with Crippen molar-refractivity contribution in [1.82, 2.24) is 0 Å². The third-order valence-corrected chi connectivity index (χ3v) is 16.4. The molecule has 2 aliphatic rings. The van der Waals surface area contributed by atoms with E-state index in [9.17, 15) is 0 Å². The summed E-state index contributed by atoms with van der Waals surface area (Å²) in [5.41, 5.74) is 0. The van der Waals surface area contributed by atoms with Crippen LogP contribution in [0, 0.1) is 46.5 Å².